The van der Waals surface area contributed by atoms with Crippen molar-refractivity contribution >= 4 is 45.6 Å². The van der Waals surface area contributed by atoms with Gasteiger partial charge in [-0.3, -0.25) is 9.69 Å². The number of thiophene rings is 1. The van der Waals surface area contributed by atoms with Gasteiger partial charge in [0.1, 0.15) is 0 Å². The lowest BCUT2D eigenvalue weighted by Crippen LogP contribution is -2.22. The Morgan fingerprint density at radius 2 is 2.38 bits per heavy atom. The van der Waals surface area contributed by atoms with E-state index in [9.17, 15) is 4.79 Å². The zero-order chi connectivity index (χ0) is 10.8. The largest absolute Gasteiger partial charge is 0.481 e. The molecule has 1 unspecified atom stereocenters. The van der Waals surface area contributed by atoms with Crippen LogP contribution in [-0.4, -0.2) is 29.1 Å². The fourth-order valence-electron chi connectivity index (χ4n) is 1.83. The fourth-order valence-corrected chi connectivity index (χ4v) is 3.36. The van der Waals surface area contributed by atoms with Gasteiger partial charge in [-0.25, -0.2) is 0 Å². The summed E-state index contributed by atoms with van der Waals surface area (Å²) in [5.74, 6) is -0.835. The van der Waals surface area contributed by atoms with Gasteiger partial charge in [-0.2, -0.15) is 0 Å². The zero-order valence-corrected chi connectivity index (χ0v) is 11.8. The molecule has 1 saturated heterocycles. The third-order valence-corrected chi connectivity index (χ3v) is 4.24. The highest BCUT2D eigenvalue weighted by Crippen LogP contribution is 2.25. The maximum atomic E-state index is 10.8. The van der Waals surface area contributed by atoms with Crippen LogP contribution < -0.4 is 0 Å². The van der Waals surface area contributed by atoms with Gasteiger partial charge in [-0.05, 0) is 41.0 Å². The molecule has 1 aliphatic heterocycles. The molecule has 0 aliphatic carbocycles. The molecule has 1 atom stereocenters. The molecule has 1 aromatic rings. The van der Waals surface area contributed by atoms with Gasteiger partial charge in [0.2, 0.25) is 0 Å². The van der Waals surface area contributed by atoms with Crippen LogP contribution in [0.25, 0.3) is 0 Å². The first-order valence-electron chi connectivity index (χ1n) is 4.84. The average molecular weight is 327 g/mol. The summed E-state index contributed by atoms with van der Waals surface area (Å²) >= 11 is 5.13. The van der Waals surface area contributed by atoms with Crippen LogP contribution in [0.4, 0.5) is 0 Å². The number of aliphatic carboxylic acids is 1. The summed E-state index contributed by atoms with van der Waals surface area (Å²) in [7, 11) is 0. The molecular formula is C10H13BrClNO2S. The van der Waals surface area contributed by atoms with Crippen LogP contribution in [-0.2, 0) is 11.3 Å². The maximum Gasteiger partial charge on any atom is 0.307 e. The molecular weight excluding hydrogens is 314 g/mol. The molecule has 6 heteroatoms. The van der Waals surface area contributed by atoms with Crippen LogP contribution in [0.1, 0.15) is 11.3 Å². The van der Waals surface area contributed by atoms with E-state index in [4.69, 9.17) is 5.11 Å². The normalized spacial score (nSPS) is 20.7. The lowest BCUT2D eigenvalue weighted by Gasteiger charge is -2.13. The van der Waals surface area contributed by atoms with E-state index in [0.29, 0.717) is 6.54 Å². The topological polar surface area (TPSA) is 40.5 Å². The van der Waals surface area contributed by atoms with E-state index in [2.05, 4.69) is 26.9 Å². The zero-order valence-electron chi connectivity index (χ0n) is 8.56. The molecule has 0 radical (unpaired) electrons. The first kappa shape index (κ1) is 14.0. The molecule has 1 fully saturated rings. The predicted octanol–water partition coefficient (Wildman–Crippen LogP) is 2.84. The number of rotatable bonds is 3. The minimum absolute atomic E-state index is 0. The van der Waals surface area contributed by atoms with Crippen molar-refractivity contribution in [3.63, 3.8) is 0 Å². The lowest BCUT2D eigenvalue weighted by molar-refractivity contribution is -0.141. The lowest BCUT2D eigenvalue weighted by atomic mass is 10.1. The van der Waals surface area contributed by atoms with Crippen molar-refractivity contribution < 1.29 is 9.90 Å². The van der Waals surface area contributed by atoms with Crippen molar-refractivity contribution in [1.29, 1.82) is 0 Å². The molecule has 1 N–H and O–H groups in total. The summed E-state index contributed by atoms with van der Waals surface area (Å²) in [5.41, 5.74) is 0. The standard InChI is InChI=1S/C10H12BrNO2S.ClH/c11-9-2-1-8(15-9)6-12-4-3-7(5-12)10(13)14;/h1-2,7H,3-6H2,(H,13,14);1H. The number of carboxylic acids is 1. The molecule has 0 spiro atoms. The second-order valence-electron chi connectivity index (χ2n) is 3.76. The minimum Gasteiger partial charge on any atom is -0.481 e. The third-order valence-electron chi connectivity index (χ3n) is 2.63. The number of hydrogen-bond donors (Lipinski definition) is 1. The fraction of sp³-hybridized carbons (Fsp3) is 0.500. The Morgan fingerprint density at radius 1 is 1.62 bits per heavy atom. The van der Waals surface area contributed by atoms with E-state index in [-0.39, 0.29) is 18.3 Å². The van der Waals surface area contributed by atoms with Gasteiger partial charge in [-0.1, -0.05) is 0 Å². The first-order chi connectivity index (χ1) is 7.15. The Kier molecular flexibility index (Phi) is 5.24. The Hall–Kier alpha value is -0.100. The van der Waals surface area contributed by atoms with Crippen molar-refractivity contribution in [2.75, 3.05) is 13.1 Å². The number of likely N-dealkylation sites (tertiary alicyclic amines) is 1. The monoisotopic (exact) mass is 325 g/mol. The number of carbonyl (C=O) groups is 1. The van der Waals surface area contributed by atoms with Gasteiger partial charge >= 0.3 is 5.97 Å². The molecule has 90 valence electrons. The molecule has 1 aliphatic rings. The van der Waals surface area contributed by atoms with Gasteiger partial charge in [0.05, 0.1) is 9.70 Å². The smallest absolute Gasteiger partial charge is 0.307 e. The molecule has 0 aromatic carbocycles. The third kappa shape index (κ3) is 3.45. The van der Waals surface area contributed by atoms with Crippen molar-refractivity contribution in [2.45, 2.75) is 13.0 Å². The average Bonchev–Trinajstić information content (AvgIpc) is 2.76. The SMILES string of the molecule is Cl.O=C(O)C1CCN(Cc2ccc(Br)s2)C1. The van der Waals surface area contributed by atoms with Gasteiger partial charge in [-0.15, -0.1) is 23.7 Å². The van der Waals surface area contributed by atoms with Crippen molar-refractivity contribution in [1.82, 2.24) is 4.90 Å². The van der Waals surface area contributed by atoms with E-state index < -0.39 is 5.97 Å². The summed E-state index contributed by atoms with van der Waals surface area (Å²) in [5, 5.41) is 8.87. The number of carboxylic acid groups (broad SMARTS) is 1. The van der Waals surface area contributed by atoms with Crippen LogP contribution in [0.2, 0.25) is 0 Å². The molecule has 0 bridgehead atoms. The minimum atomic E-state index is -0.662. The van der Waals surface area contributed by atoms with E-state index in [1.54, 1.807) is 11.3 Å². The van der Waals surface area contributed by atoms with Crippen molar-refractivity contribution in [3.05, 3.63) is 20.8 Å². The van der Waals surface area contributed by atoms with E-state index in [1.807, 2.05) is 6.07 Å². The Morgan fingerprint density at radius 3 is 2.88 bits per heavy atom. The number of halogens is 2. The quantitative estimate of drug-likeness (QED) is 0.928. The van der Waals surface area contributed by atoms with E-state index in [1.165, 1.54) is 4.88 Å². The van der Waals surface area contributed by atoms with Crippen LogP contribution in [0.15, 0.2) is 15.9 Å². The molecule has 1 aromatic heterocycles. The highest BCUT2D eigenvalue weighted by Gasteiger charge is 2.27. The highest BCUT2D eigenvalue weighted by atomic mass is 79.9. The first-order valence-corrected chi connectivity index (χ1v) is 6.45. The van der Waals surface area contributed by atoms with Crippen LogP contribution in [0, 0.1) is 5.92 Å². The van der Waals surface area contributed by atoms with Crippen molar-refractivity contribution in [2.24, 2.45) is 5.92 Å². The Labute approximate surface area is 113 Å². The second kappa shape index (κ2) is 6.00. The van der Waals surface area contributed by atoms with Crippen LogP contribution in [0.5, 0.6) is 0 Å². The summed E-state index contributed by atoms with van der Waals surface area (Å²) in [6.45, 7) is 2.46. The molecule has 2 rings (SSSR count). The molecule has 2 heterocycles. The van der Waals surface area contributed by atoms with E-state index in [0.717, 1.165) is 23.3 Å². The van der Waals surface area contributed by atoms with Gasteiger partial charge in [0, 0.05) is 18.0 Å². The van der Waals surface area contributed by atoms with Gasteiger partial charge in [0.15, 0.2) is 0 Å². The summed E-state index contributed by atoms with van der Waals surface area (Å²) in [4.78, 5) is 14.3. The van der Waals surface area contributed by atoms with Crippen LogP contribution >= 0.6 is 39.7 Å². The van der Waals surface area contributed by atoms with Gasteiger partial charge < -0.3 is 5.11 Å². The molecule has 0 saturated carbocycles. The predicted molar refractivity (Wildman–Crippen MR) is 70.3 cm³/mol. The Balaban J connectivity index is 0.00000128. The Bertz CT molecular complexity index is 371. The highest BCUT2D eigenvalue weighted by molar-refractivity contribution is 9.11. The van der Waals surface area contributed by atoms with Gasteiger partial charge in [0.25, 0.3) is 0 Å². The summed E-state index contributed by atoms with van der Waals surface area (Å²) < 4.78 is 1.13. The molecule has 16 heavy (non-hydrogen) atoms. The summed E-state index contributed by atoms with van der Waals surface area (Å²) in [6, 6.07) is 4.12. The van der Waals surface area contributed by atoms with E-state index >= 15 is 0 Å². The number of nitrogens with zero attached hydrogens (tertiary/aromatic N) is 1. The molecule has 0 amide bonds. The molecule has 3 nitrogen and oxygen atoms in total. The second-order valence-corrected chi connectivity index (χ2v) is 6.31. The summed E-state index contributed by atoms with van der Waals surface area (Å²) in [6.07, 6.45) is 0.780. The van der Waals surface area contributed by atoms with Crippen LogP contribution in [0.3, 0.4) is 0 Å². The number of hydrogen-bond acceptors (Lipinski definition) is 3. The maximum absolute atomic E-state index is 10.8. The van der Waals surface area contributed by atoms with Crippen molar-refractivity contribution in [3.8, 4) is 0 Å².